The van der Waals surface area contributed by atoms with Gasteiger partial charge in [0.1, 0.15) is 0 Å². The zero-order valence-corrected chi connectivity index (χ0v) is 13.3. The lowest BCUT2D eigenvalue weighted by molar-refractivity contribution is -0.122. The fraction of sp³-hybridized carbons (Fsp3) is 0.611. The van der Waals surface area contributed by atoms with Crippen molar-refractivity contribution in [3.8, 4) is 0 Å². The molecule has 0 aromatic heterocycles. The number of amides is 1. The Morgan fingerprint density at radius 1 is 1.33 bits per heavy atom. The number of benzene rings is 1. The first kappa shape index (κ1) is 16.0. The molecule has 1 aromatic carbocycles. The lowest BCUT2D eigenvalue weighted by atomic mass is 9.97. The molecule has 0 aliphatic carbocycles. The van der Waals surface area contributed by atoms with Gasteiger partial charge in [0.25, 0.3) is 0 Å². The first-order valence-corrected chi connectivity index (χ1v) is 8.16. The minimum atomic E-state index is 0.199. The summed E-state index contributed by atoms with van der Waals surface area (Å²) >= 11 is 0. The van der Waals surface area contributed by atoms with Crippen LogP contribution in [0.5, 0.6) is 0 Å². The first-order valence-electron chi connectivity index (χ1n) is 8.16. The lowest BCUT2D eigenvalue weighted by Crippen LogP contribution is -2.40. The Morgan fingerprint density at radius 3 is 2.81 bits per heavy atom. The average Bonchev–Trinajstić information content (AvgIpc) is 2.46. The van der Waals surface area contributed by atoms with Crippen molar-refractivity contribution in [2.45, 2.75) is 39.7 Å². The van der Waals surface area contributed by atoms with Crippen molar-refractivity contribution in [3.63, 3.8) is 0 Å². The summed E-state index contributed by atoms with van der Waals surface area (Å²) in [7, 11) is 0. The number of carbonyl (C=O) groups excluding carboxylic acids is 1. The summed E-state index contributed by atoms with van der Waals surface area (Å²) < 4.78 is 0. The van der Waals surface area contributed by atoms with Gasteiger partial charge in [-0.3, -0.25) is 9.69 Å². The number of nitrogens with one attached hydrogen (secondary N) is 1. The summed E-state index contributed by atoms with van der Waals surface area (Å²) in [5.74, 6) is 1.23. The maximum Gasteiger partial charge on any atom is 0.220 e. The van der Waals surface area contributed by atoms with Crippen molar-refractivity contribution in [2.75, 3.05) is 19.6 Å². The Labute approximate surface area is 128 Å². The van der Waals surface area contributed by atoms with Crippen molar-refractivity contribution >= 4 is 5.91 Å². The molecular weight excluding hydrogens is 260 g/mol. The molecule has 21 heavy (non-hydrogen) atoms. The third-order valence-corrected chi connectivity index (χ3v) is 4.03. The van der Waals surface area contributed by atoms with Crippen LogP contribution in [0.4, 0.5) is 0 Å². The fourth-order valence-corrected chi connectivity index (χ4v) is 3.00. The minimum Gasteiger partial charge on any atom is -0.356 e. The molecule has 1 aliphatic heterocycles. The van der Waals surface area contributed by atoms with E-state index in [0.717, 1.165) is 19.6 Å². The summed E-state index contributed by atoms with van der Waals surface area (Å²) in [6.07, 6.45) is 3.10. The van der Waals surface area contributed by atoms with Crippen LogP contribution in [-0.2, 0) is 11.3 Å². The molecule has 1 heterocycles. The van der Waals surface area contributed by atoms with Gasteiger partial charge in [0.2, 0.25) is 5.91 Å². The number of nitrogens with zero attached hydrogens (tertiary/aromatic N) is 1. The summed E-state index contributed by atoms with van der Waals surface area (Å²) in [4.78, 5) is 14.3. The summed E-state index contributed by atoms with van der Waals surface area (Å²) in [5.41, 5.74) is 1.38. The predicted octanol–water partition coefficient (Wildman–Crippen LogP) is 3.06. The van der Waals surface area contributed by atoms with Crippen molar-refractivity contribution in [3.05, 3.63) is 35.9 Å². The largest absolute Gasteiger partial charge is 0.356 e. The molecule has 1 atom stereocenters. The van der Waals surface area contributed by atoms with Crippen LogP contribution in [0.25, 0.3) is 0 Å². The molecule has 1 N–H and O–H groups in total. The Morgan fingerprint density at radius 2 is 2.10 bits per heavy atom. The molecule has 1 aliphatic rings. The minimum absolute atomic E-state index is 0.199. The van der Waals surface area contributed by atoms with Crippen molar-refractivity contribution in [2.24, 2.45) is 11.8 Å². The van der Waals surface area contributed by atoms with Gasteiger partial charge in [0.15, 0.2) is 0 Å². The van der Waals surface area contributed by atoms with E-state index in [4.69, 9.17) is 0 Å². The van der Waals surface area contributed by atoms with Crippen LogP contribution in [0.3, 0.4) is 0 Å². The third kappa shape index (κ3) is 5.88. The van der Waals surface area contributed by atoms with Crippen LogP contribution in [-0.4, -0.2) is 30.4 Å². The molecule has 0 saturated carbocycles. The standard InChI is InChI=1S/C18H28N2O/c1-15(2)11-18(21)19-12-17-9-6-10-20(14-17)13-16-7-4-3-5-8-16/h3-5,7-8,15,17H,6,9-14H2,1-2H3,(H,19,21)/t17-/m0/s1. The monoisotopic (exact) mass is 288 g/mol. The zero-order chi connectivity index (χ0) is 15.1. The van der Waals surface area contributed by atoms with Crippen molar-refractivity contribution in [1.29, 1.82) is 0 Å². The van der Waals surface area contributed by atoms with Crippen LogP contribution in [0.2, 0.25) is 0 Å². The van der Waals surface area contributed by atoms with E-state index in [9.17, 15) is 4.79 Å². The molecular formula is C18H28N2O. The van der Waals surface area contributed by atoms with Gasteiger partial charge in [-0.25, -0.2) is 0 Å². The van der Waals surface area contributed by atoms with E-state index in [0.29, 0.717) is 18.3 Å². The van der Waals surface area contributed by atoms with E-state index in [-0.39, 0.29) is 5.91 Å². The lowest BCUT2D eigenvalue weighted by Gasteiger charge is -2.32. The van der Waals surface area contributed by atoms with Gasteiger partial charge in [-0.1, -0.05) is 44.2 Å². The van der Waals surface area contributed by atoms with Gasteiger partial charge in [-0.15, -0.1) is 0 Å². The normalized spacial score (nSPS) is 19.7. The number of hydrogen-bond acceptors (Lipinski definition) is 2. The van der Waals surface area contributed by atoms with Crippen molar-refractivity contribution in [1.82, 2.24) is 10.2 Å². The van der Waals surface area contributed by atoms with Gasteiger partial charge in [-0.05, 0) is 36.8 Å². The molecule has 2 rings (SSSR count). The third-order valence-electron chi connectivity index (χ3n) is 4.03. The molecule has 1 saturated heterocycles. The number of rotatable bonds is 6. The second-order valence-electron chi connectivity index (χ2n) is 6.63. The predicted molar refractivity (Wildman–Crippen MR) is 86.9 cm³/mol. The highest BCUT2D eigenvalue weighted by molar-refractivity contribution is 5.76. The molecule has 116 valence electrons. The van der Waals surface area contributed by atoms with Gasteiger partial charge in [0.05, 0.1) is 0 Å². The molecule has 3 heteroatoms. The Bertz CT molecular complexity index is 430. The number of piperidine rings is 1. The smallest absolute Gasteiger partial charge is 0.220 e. The molecule has 1 aromatic rings. The topological polar surface area (TPSA) is 32.3 Å². The molecule has 0 bridgehead atoms. The Balaban J connectivity index is 1.74. The molecule has 0 spiro atoms. The van der Waals surface area contributed by atoms with Crippen LogP contribution >= 0.6 is 0 Å². The second-order valence-corrected chi connectivity index (χ2v) is 6.63. The number of carbonyl (C=O) groups is 1. The van der Waals surface area contributed by atoms with E-state index >= 15 is 0 Å². The molecule has 3 nitrogen and oxygen atoms in total. The van der Waals surface area contributed by atoms with Gasteiger partial charge < -0.3 is 5.32 Å². The van der Waals surface area contributed by atoms with Gasteiger partial charge in [0, 0.05) is 26.1 Å². The SMILES string of the molecule is CC(C)CC(=O)NC[C@@H]1CCCN(Cc2ccccc2)C1. The number of likely N-dealkylation sites (tertiary alicyclic amines) is 1. The molecule has 1 amide bonds. The van der Waals surface area contributed by atoms with Crippen LogP contribution < -0.4 is 5.32 Å². The maximum atomic E-state index is 11.7. The van der Waals surface area contributed by atoms with Crippen molar-refractivity contribution < 1.29 is 4.79 Å². The second kappa shape index (κ2) is 8.18. The zero-order valence-electron chi connectivity index (χ0n) is 13.3. The Kier molecular flexibility index (Phi) is 6.24. The summed E-state index contributed by atoms with van der Waals surface area (Å²) in [6, 6.07) is 10.6. The highest BCUT2D eigenvalue weighted by atomic mass is 16.1. The van der Waals surface area contributed by atoms with Gasteiger partial charge >= 0.3 is 0 Å². The highest BCUT2D eigenvalue weighted by Gasteiger charge is 2.20. The maximum absolute atomic E-state index is 11.7. The summed E-state index contributed by atoms with van der Waals surface area (Å²) in [6.45, 7) is 8.29. The molecule has 0 unspecified atom stereocenters. The Hall–Kier alpha value is -1.35. The average molecular weight is 288 g/mol. The van der Waals surface area contributed by atoms with E-state index in [1.165, 1.54) is 24.9 Å². The van der Waals surface area contributed by atoms with E-state index < -0.39 is 0 Å². The van der Waals surface area contributed by atoms with E-state index in [1.54, 1.807) is 0 Å². The van der Waals surface area contributed by atoms with Crippen LogP contribution in [0.1, 0.15) is 38.7 Å². The first-order chi connectivity index (χ1) is 10.1. The molecule has 1 fully saturated rings. The van der Waals surface area contributed by atoms with Crippen LogP contribution in [0, 0.1) is 11.8 Å². The number of hydrogen-bond donors (Lipinski definition) is 1. The van der Waals surface area contributed by atoms with E-state index in [1.807, 2.05) is 0 Å². The van der Waals surface area contributed by atoms with E-state index in [2.05, 4.69) is 54.4 Å². The quantitative estimate of drug-likeness (QED) is 0.872. The highest BCUT2D eigenvalue weighted by Crippen LogP contribution is 2.18. The van der Waals surface area contributed by atoms with Crippen LogP contribution in [0.15, 0.2) is 30.3 Å². The van der Waals surface area contributed by atoms with Gasteiger partial charge in [-0.2, -0.15) is 0 Å². The molecule has 0 radical (unpaired) electrons. The summed E-state index contributed by atoms with van der Waals surface area (Å²) in [5, 5.41) is 3.10. The fourth-order valence-electron chi connectivity index (χ4n) is 3.00.